The van der Waals surface area contributed by atoms with E-state index in [1.807, 2.05) is 36.5 Å². The highest BCUT2D eigenvalue weighted by Crippen LogP contribution is 2.31. The molecule has 1 aromatic carbocycles. The van der Waals surface area contributed by atoms with Gasteiger partial charge in [-0.05, 0) is 42.0 Å². The number of benzene rings is 1. The Morgan fingerprint density at radius 1 is 1.07 bits per heavy atom. The molecule has 0 atom stereocenters. The highest BCUT2D eigenvalue weighted by Gasteiger charge is 2.10. The molecule has 0 aliphatic heterocycles. The van der Waals surface area contributed by atoms with Crippen LogP contribution < -0.4 is 5.32 Å². The molecule has 0 saturated heterocycles. The zero-order valence-corrected chi connectivity index (χ0v) is 14.2. The maximum atomic E-state index is 13.1. The Balaban J connectivity index is 1.76. The summed E-state index contributed by atoms with van der Waals surface area (Å²) in [5.74, 6) is -0.784. The summed E-state index contributed by atoms with van der Waals surface area (Å²) in [4.78, 5) is 22.8. The number of nitrogens with zero attached hydrogens (tertiary/aromatic N) is 2. The van der Waals surface area contributed by atoms with E-state index in [9.17, 15) is 9.18 Å². The van der Waals surface area contributed by atoms with Crippen LogP contribution in [0.5, 0.6) is 0 Å². The van der Waals surface area contributed by atoms with E-state index in [0.717, 1.165) is 33.3 Å². The number of aromatic nitrogens is 3. The molecule has 0 saturated carbocycles. The Kier molecular flexibility index (Phi) is 4.22. The Bertz CT molecular complexity index is 1150. The minimum atomic E-state index is -0.518. The van der Waals surface area contributed by atoms with Gasteiger partial charge in [-0.3, -0.25) is 4.79 Å². The van der Waals surface area contributed by atoms with Crippen LogP contribution in [0.1, 0.15) is 0 Å². The number of hydrogen-bond donors (Lipinski definition) is 2. The first-order valence-electron chi connectivity index (χ1n) is 8.27. The molecule has 6 heteroatoms. The number of rotatable bonds is 4. The fraction of sp³-hybridized carbons (Fsp3) is 0. The Morgan fingerprint density at radius 3 is 2.70 bits per heavy atom. The second-order valence-electron chi connectivity index (χ2n) is 5.97. The molecule has 5 nitrogen and oxygen atoms in total. The molecule has 0 radical (unpaired) electrons. The molecule has 3 aromatic heterocycles. The third kappa shape index (κ3) is 3.32. The van der Waals surface area contributed by atoms with Gasteiger partial charge in [-0.1, -0.05) is 18.7 Å². The molecular weight excluding hydrogens is 343 g/mol. The second-order valence-corrected chi connectivity index (χ2v) is 5.97. The first kappa shape index (κ1) is 16.7. The smallest absolute Gasteiger partial charge is 0.247 e. The van der Waals surface area contributed by atoms with Crippen LogP contribution in [0, 0.1) is 5.95 Å². The van der Waals surface area contributed by atoms with Gasteiger partial charge in [0.2, 0.25) is 11.9 Å². The molecule has 0 aliphatic carbocycles. The zero-order valence-electron chi connectivity index (χ0n) is 14.2. The van der Waals surface area contributed by atoms with Crippen molar-refractivity contribution in [1.82, 2.24) is 15.0 Å². The van der Waals surface area contributed by atoms with Gasteiger partial charge in [-0.2, -0.15) is 4.39 Å². The fourth-order valence-electron chi connectivity index (χ4n) is 2.91. The monoisotopic (exact) mass is 358 g/mol. The molecule has 4 aromatic rings. The summed E-state index contributed by atoms with van der Waals surface area (Å²) < 4.78 is 13.1. The molecule has 0 bridgehead atoms. The van der Waals surface area contributed by atoms with Crippen molar-refractivity contribution in [2.75, 3.05) is 5.32 Å². The maximum Gasteiger partial charge on any atom is 0.247 e. The van der Waals surface area contributed by atoms with Crippen molar-refractivity contribution < 1.29 is 9.18 Å². The standard InChI is InChI=1S/C21H15FN4O/c1-2-20(27)26-16-5-3-4-13(8-16)15-9-17-18(12-25-21(17)24-11-15)14-6-7-19(22)23-10-14/h2-12H,1H2,(H,24,25)(H,26,27). The van der Waals surface area contributed by atoms with Crippen molar-refractivity contribution in [1.29, 1.82) is 0 Å². The van der Waals surface area contributed by atoms with Crippen LogP contribution in [0.3, 0.4) is 0 Å². The van der Waals surface area contributed by atoms with Crippen LogP contribution in [0.2, 0.25) is 0 Å². The van der Waals surface area contributed by atoms with E-state index in [1.54, 1.807) is 12.3 Å². The topological polar surface area (TPSA) is 70.7 Å². The van der Waals surface area contributed by atoms with Crippen LogP contribution >= 0.6 is 0 Å². The number of halogens is 1. The van der Waals surface area contributed by atoms with Crippen LogP contribution in [0.15, 0.2) is 73.7 Å². The summed E-state index contributed by atoms with van der Waals surface area (Å²) in [7, 11) is 0. The highest BCUT2D eigenvalue weighted by atomic mass is 19.1. The van der Waals surface area contributed by atoms with Crippen LogP contribution in [0.4, 0.5) is 10.1 Å². The number of pyridine rings is 2. The highest BCUT2D eigenvalue weighted by molar-refractivity contribution is 5.99. The van der Waals surface area contributed by atoms with E-state index in [2.05, 4.69) is 26.8 Å². The minimum Gasteiger partial charge on any atom is -0.346 e. The van der Waals surface area contributed by atoms with Gasteiger partial charge >= 0.3 is 0 Å². The van der Waals surface area contributed by atoms with Gasteiger partial charge in [0.15, 0.2) is 0 Å². The lowest BCUT2D eigenvalue weighted by molar-refractivity contribution is -0.111. The Hall–Kier alpha value is -3.80. The molecule has 4 rings (SSSR count). The number of carbonyl (C=O) groups excluding carboxylic acids is 1. The molecule has 0 fully saturated rings. The van der Waals surface area contributed by atoms with E-state index in [1.165, 1.54) is 18.3 Å². The van der Waals surface area contributed by atoms with Crippen molar-refractivity contribution in [2.24, 2.45) is 0 Å². The van der Waals surface area contributed by atoms with Crippen molar-refractivity contribution in [3.8, 4) is 22.3 Å². The van der Waals surface area contributed by atoms with Crippen molar-refractivity contribution >= 4 is 22.6 Å². The van der Waals surface area contributed by atoms with Gasteiger partial charge in [0, 0.05) is 46.4 Å². The second kappa shape index (κ2) is 6.84. The van der Waals surface area contributed by atoms with Gasteiger partial charge in [-0.15, -0.1) is 0 Å². The Labute approximate surface area is 154 Å². The summed E-state index contributed by atoms with van der Waals surface area (Å²) in [5.41, 5.74) is 4.91. The average Bonchev–Trinajstić information content (AvgIpc) is 3.12. The van der Waals surface area contributed by atoms with Gasteiger partial charge < -0.3 is 10.3 Å². The SMILES string of the molecule is C=CC(=O)Nc1cccc(-c2cnc3[nH]cc(-c4ccc(F)nc4)c3c2)c1. The third-order valence-electron chi connectivity index (χ3n) is 4.22. The number of carbonyl (C=O) groups is 1. The van der Waals surface area contributed by atoms with Crippen LogP contribution in [-0.4, -0.2) is 20.9 Å². The number of amides is 1. The lowest BCUT2D eigenvalue weighted by atomic mass is 10.0. The number of anilines is 1. The summed E-state index contributed by atoms with van der Waals surface area (Å²) in [6.07, 6.45) is 6.32. The van der Waals surface area contributed by atoms with Crippen molar-refractivity contribution in [3.63, 3.8) is 0 Å². The van der Waals surface area contributed by atoms with E-state index in [-0.39, 0.29) is 5.91 Å². The molecule has 27 heavy (non-hydrogen) atoms. The summed E-state index contributed by atoms with van der Waals surface area (Å²) >= 11 is 0. The molecule has 1 amide bonds. The molecule has 132 valence electrons. The van der Waals surface area contributed by atoms with Crippen LogP contribution in [0.25, 0.3) is 33.3 Å². The number of fused-ring (bicyclic) bond motifs is 1. The number of aromatic amines is 1. The first-order valence-corrected chi connectivity index (χ1v) is 8.27. The summed E-state index contributed by atoms with van der Waals surface area (Å²) in [6.45, 7) is 3.46. The van der Waals surface area contributed by atoms with Crippen LogP contribution in [-0.2, 0) is 4.79 Å². The van der Waals surface area contributed by atoms with E-state index >= 15 is 0 Å². The summed E-state index contributed by atoms with van der Waals surface area (Å²) in [5, 5.41) is 3.65. The predicted molar refractivity (Wildman–Crippen MR) is 104 cm³/mol. The molecule has 2 N–H and O–H groups in total. The number of nitrogens with one attached hydrogen (secondary N) is 2. The average molecular weight is 358 g/mol. The maximum absolute atomic E-state index is 13.1. The van der Waals surface area contributed by atoms with Gasteiger partial charge in [0.05, 0.1) is 0 Å². The van der Waals surface area contributed by atoms with Crippen molar-refractivity contribution in [2.45, 2.75) is 0 Å². The van der Waals surface area contributed by atoms with Gasteiger partial charge in [-0.25, -0.2) is 9.97 Å². The number of hydrogen-bond acceptors (Lipinski definition) is 3. The fourth-order valence-corrected chi connectivity index (χ4v) is 2.91. The quantitative estimate of drug-likeness (QED) is 0.415. The first-order chi connectivity index (χ1) is 13.1. The molecule has 0 aliphatic rings. The molecule has 0 spiro atoms. The lowest BCUT2D eigenvalue weighted by Crippen LogP contribution is -2.06. The summed E-state index contributed by atoms with van der Waals surface area (Å²) in [6, 6.07) is 12.5. The van der Waals surface area contributed by atoms with E-state index in [0.29, 0.717) is 5.69 Å². The third-order valence-corrected chi connectivity index (χ3v) is 4.22. The molecule has 3 heterocycles. The minimum absolute atomic E-state index is 0.266. The normalized spacial score (nSPS) is 10.7. The Morgan fingerprint density at radius 2 is 1.93 bits per heavy atom. The van der Waals surface area contributed by atoms with E-state index < -0.39 is 5.95 Å². The molecular formula is C21H15FN4O. The molecule has 0 unspecified atom stereocenters. The zero-order chi connectivity index (χ0) is 18.8. The predicted octanol–water partition coefficient (Wildman–Crippen LogP) is 4.56. The van der Waals surface area contributed by atoms with Gasteiger partial charge in [0.1, 0.15) is 5.65 Å². The lowest BCUT2D eigenvalue weighted by Gasteiger charge is -2.07. The number of H-pyrrole nitrogens is 1. The van der Waals surface area contributed by atoms with E-state index in [4.69, 9.17) is 0 Å². The van der Waals surface area contributed by atoms with Gasteiger partial charge in [0.25, 0.3) is 0 Å². The largest absolute Gasteiger partial charge is 0.346 e. The van der Waals surface area contributed by atoms with Crippen molar-refractivity contribution in [3.05, 3.63) is 79.7 Å².